The van der Waals surface area contributed by atoms with E-state index in [1.807, 2.05) is 0 Å². The van der Waals surface area contributed by atoms with Gasteiger partial charge in [0.1, 0.15) is 5.75 Å². The Kier molecular flexibility index (Phi) is 6.98. The maximum absolute atomic E-state index is 12.7. The van der Waals surface area contributed by atoms with Gasteiger partial charge >= 0.3 is 6.18 Å². The van der Waals surface area contributed by atoms with E-state index in [2.05, 4.69) is 0 Å². The van der Waals surface area contributed by atoms with Crippen LogP contribution >= 0.6 is 23.4 Å². The summed E-state index contributed by atoms with van der Waals surface area (Å²) in [5.41, 5.74) is 4.65. The van der Waals surface area contributed by atoms with Crippen molar-refractivity contribution in [2.75, 3.05) is 7.11 Å². The summed E-state index contributed by atoms with van der Waals surface area (Å²) in [6.07, 6.45) is -2.62. The molecule has 28 heavy (non-hydrogen) atoms. The number of aldehydes is 1. The third kappa shape index (κ3) is 5.67. The lowest BCUT2D eigenvalue weighted by atomic mass is 10.2. The molecule has 0 fully saturated rings. The van der Waals surface area contributed by atoms with Crippen molar-refractivity contribution in [3.05, 3.63) is 57.5 Å². The Bertz CT molecular complexity index is 932. The SMILES string of the molecule is COc1cc(/C=C(/C=O)SC(N)=O)ccc1Oc1ccc(C(F)(F)F)cc1Cl. The van der Waals surface area contributed by atoms with Gasteiger partial charge in [-0.1, -0.05) is 17.7 Å². The van der Waals surface area contributed by atoms with Gasteiger partial charge in [-0.2, -0.15) is 13.2 Å². The Hall–Kier alpha value is -2.65. The van der Waals surface area contributed by atoms with Crippen molar-refractivity contribution < 1.29 is 32.2 Å². The number of hydrogen-bond donors (Lipinski definition) is 1. The summed E-state index contributed by atoms with van der Waals surface area (Å²) < 4.78 is 48.9. The number of ether oxygens (including phenoxy) is 2. The van der Waals surface area contributed by atoms with E-state index in [1.165, 1.54) is 25.3 Å². The number of hydrogen-bond acceptors (Lipinski definition) is 5. The molecule has 0 unspecified atom stereocenters. The maximum Gasteiger partial charge on any atom is 0.416 e. The molecule has 0 aromatic heterocycles. The Labute approximate surface area is 167 Å². The predicted molar refractivity (Wildman–Crippen MR) is 101 cm³/mol. The number of carbonyl (C=O) groups is 2. The second kappa shape index (κ2) is 9.03. The fourth-order valence-electron chi connectivity index (χ4n) is 2.10. The van der Waals surface area contributed by atoms with Crippen molar-refractivity contribution in [3.63, 3.8) is 0 Å². The molecule has 0 radical (unpaired) electrons. The van der Waals surface area contributed by atoms with E-state index in [4.69, 9.17) is 26.8 Å². The Morgan fingerprint density at radius 1 is 1.14 bits per heavy atom. The highest BCUT2D eigenvalue weighted by Gasteiger charge is 2.31. The molecule has 1 amide bonds. The second-order valence-electron chi connectivity index (χ2n) is 5.24. The van der Waals surface area contributed by atoms with Crippen molar-refractivity contribution in [2.45, 2.75) is 6.18 Å². The highest BCUT2D eigenvalue weighted by Crippen LogP contribution is 2.39. The average molecular weight is 432 g/mol. The Balaban J connectivity index is 2.31. The van der Waals surface area contributed by atoms with Gasteiger partial charge in [0, 0.05) is 0 Å². The number of amides is 1. The van der Waals surface area contributed by atoms with E-state index in [-0.39, 0.29) is 27.2 Å². The molecule has 0 atom stereocenters. The lowest BCUT2D eigenvalue weighted by Crippen LogP contribution is -2.04. The quantitative estimate of drug-likeness (QED) is 0.482. The van der Waals surface area contributed by atoms with Crippen LogP contribution < -0.4 is 15.2 Å². The summed E-state index contributed by atoms with van der Waals surface area (Å²) in [6, 6.07) is 7.27. The monoisotopic (exact) mass is 431 g/mol. The van der Waals surface area contributed by atoms with Gasteiger partial charge in [-0.25, -0.2) is 0 Å². The van der Waals surface area contributed by atoms with Crippen LogP contribution in [0.25, 0.3) is 6.08 Å². The van der Waals surface area contributed by atoms with Gasteiger partial charge in [-0.3, -0.25) is 9.59 Å². The van der Waals surface area contributed by atoms with E-state index >= 15 is 0 Å². The first-order valence-electron chi connectivity index (χ1n) is 7.51. The third-order valence-electron chi connectivity index (χ3n) is 3.31. The molecule has 2 aromatic rings. The van der Waals surface area contributed by atoms with E-state index in [0.29, 0.717) is 23.6 Å². The van der Waals surface area contributed by atoms with Crippen LogP contribution in [0.3, 0.4) is 0 Å². The maximum atomic E-state index is 12.7. The molecule has 148 valence electrons. The number of thioether (sulfide) groups is 1. The smallest absolute Gasteiger partial charge is 0.416 e. The summed E-state index contributed by atoms with van der Waals surface area (Å²) in [6.45, 7) is 0. The number of carbonyl (C=O) groups excluding carboxylic acids is 2. The van der Waals surface area contributed by atoms with E-state index in [9.17, 15) is 22.8 Å². The summed E-state index contributed by atoms with van der Waals surface area (Å²) in [5.74, 6) is 0.435. The average Bonchev–Trinajstić information content (AvgIpc) is 2.62. The molecular formula is C18H13ClF3NO4S. The van der Waals surface area contributed by atoms with E-state index in [0.717, 1.165) is 18.2 Å². The van der Waals surface area contributed by atoms with Crippen LogP contribution in [0.1, 0.15) is 11.1 Å². The minimum absolute atomic E-state index is 0.00845. The first kappa shape index (κ1) is 21.6. The van der Waals surface area contributed by atoms with Gasteiger partial charge in [0.25, 0.3) is 5.24 Å². The van der Waals surface area contributed by atoms with Crippen molar-refractivity contribution >= 4 is 41.0 Å². The summed E-state index contributed by atoms with van der Waals surface area (Å²) in [5, 5.41) is -0.954. The topological polar surface area (TPSA) is 78.6 Å². The molecule has 0 aliphatic heterocycles. The van der Waals surface area contributed by atoms with Gasteiger partial charge in [0.15, 0.2) is 17.8 Å². The molecule has 0 saturated carbocycles. The van der Waals surface area contributed by atoms with Crippen molar-refractivity contribution in [2.24, 2.45) is 5.73 Å². The van der Waals surface area contributed by atoms with Gasteiger partial charge in [0.05, 0.1) is 22.6 Å². The number of rotatable bonds is 6. The van der Waals surface area contributed by atoms with E-state index in [1.54, 1.807) is 6.07 Å². The van der Waals surface area contributed by atoms with Crippen LogP contribution in [-0.2, 0) is 11.0 Å². The zero-order chi connectivity index (χ0) is 20.9. The minimum atomic E-state index is -4.52. The summed E-state index contributed by atoms with van der Waals surface area (Å²) in [4.78, 5) is 22.0. The first-order chi connectivity index (χ1) is 13.1. The normalized spacial score (nSPS) is 11.8. The molecule has 0 spiro atoms. The number of halogens is 4. The lowest BCUT2D eigenvalue weighted by molar-refractivity contribution is -0.137. The molecule has 5 nitrogen and oxygen atoms in total. The van der Waals surface area contributed by atoms with Crippen molar-refractivity contribution in [3.8, 4) is 17.2 Å². The first-order valence-corrected chi connectivity index (χ1v) is 8.70. The van der Waals surface area contributed by atoms with Crippen LogP contribution in [-0.4, -0.2) is 18.6 Å². The molecule has 0 saturated heterocycles. The van der Waals surface area contributed by atoms with Crippen molar-refractivity contribution in [1.29, 1.82) is 0 Å². The Morgan fingerprint density at radius 3 is 2.36 bits per heavy atom. The number of alkyl halides is 3. The highest BCUT2D eigenvalue weighted by atomic mass is 35.5. The van der Waals surface area contributed by atoms with Crippen LogP contribution in [0, 0.1) is 0 Å². The van der Waals surface area contributed by atoms with E-state index < -0.39 is 17.0 Å². The molecule has 2 aromatic carbocycles. The summed E-state index contributed by atoms with van der Waals surface area (Å²) in [7, 11) is 1.36. The zero-order valence-electron chi connectivity index (χ0n) is 14.2. The highest BCUT2D eigenvalue weighted by molar-refractivity contribution is 8.17. The Morgan fingerprint density at radius 2 is 1.82 bits per heavy atom. The fourth-order valence-corrected chi connectivity index (χ4v) is 2.80. The molecule has 2 rings (SSSR count). The third-order valence-corrected chi connectivity index (χ3v) is 4.26. The molecule has 2 N–H and O–H groups in total. The number of nitrogens with two attached hydrogens (primary N) is 1. The van der Waals surface area contributed by atoms with Crippen LogP contribution in [0.2, 0.25) is 5.02 Å². The largest absolute Gasteiger partial charge is 0.493 e. The number of allylic oxidation sites excluding steroid dienone is 1. The molecule has 0 bridgehead atoms. The molecule has 0 aliphatic rings. The molecule has 0 heterocycles. The minimum Gasteiger partial charge on any atom is -0.493 e. The molecular weight excluding hydrogens is 419 g/mol. The van der Waals surface area contributed by atoms with Gasteiger partial charge < -0.3 is 15.2 Å². The van der Waals surface area contributed by atoms with Crippen LogP contribution in [0.4, 0.5) is 18.0 Å². The number of primary amides is 1. The lowest BCUT2D eigenvalue weighted by Gasteiger charge is -2.14. The van der Waals surface area contributed by atoms with Gasteiger partial charge in [0.2, 0.25) is 0 Å². The molecule has 10 heteroatoms. The van der Waals surface area contributed by atoms with Crippen LogP contribution in [0.5, 0.6) is 17.2 Å². The van der Waals surface area contributed by atoms with Crippen molar-refractivity contribution in [1.82, 2.24) is 0 Å². The fraction of sp³-hybridized carbons (Fsp3) is 0.111. The molecule has 0 aliphatic carbocycles. The summed E-state index contributed by atoms with van der Waals surface area (Å²) >= 11 is 6.46. The second-order valence-corrected chi connectivity index (χ2v) is 6.73. The number of benzene rings is 2. The van der Waals surface area contributed by atoms with Gasteiger partial charge in [-0.05, 0) is 53.7 Å². The van der Waals surface area contributed by atoms with Crippen LogP contribution in [0.15, 0.2) is 41.3 Å². The standard InChI is InChI=1S/C18H13ClF3NO4S/c1-26-16-7-10(6-12(9-24)28-17(23)25)2-4-15(16)27-14-5-3-11(8-13(14)19)18(20,21)22/h2-9H,1H3,(H2,23,25)/b12-6-. The predicted octanol–water partition coefficient (Wildman–Crippen LogP) is 5.51. The number of methoxy groups -OCH3 is 1. The van der Waals surface area contributed by atoms with Gasteiger partial charge in [-0.15, -0.1) is 0 Å². The zero-order valence-corrected chi connectivity index (χ0v) is 15.8.